The summed E-state index contributed by atoms with van der Waals surface area (Å²) in [5.74, 6) is 0.791. The van der Waals surface area contributed by atoms with Gasteiger partial charge in [0.25, 0.3) is 0 Å². The Morgan fingerprint density at radius 2 is 2.28 bits per heavy atom. The summed E-state index contributed by atoms with van der Waals surface area (Å²) in [7, 11) is 3.54. The van der Waals surface area contributed by atoms with Crippen molar-refractivity contribution in [3.05, 3.63) is 23.9 Å². The van der Waals surface area contributed by atoms with Gasteiger partial charge in [-0.1, -0.05) is 13.0 Å². The van der Waals surface area contributed by atoms with Crippen molar-refractivity contribution < 1.29 is 9.84 Å². The van der Waals surface area contributed by atoms with Crippen molar-refractivity contribution in [1.29, 1.82) is 0 Å². The van der Waals surface area contributed by atoms with Crippen LogP contribution in [0.25, 0.3) is 0 Å². The molecule has 0 saturated carbocycles. The summed E-state index contributed by atoms with van der Waals surface area (Å²) in [6, 6.07) is 0. The maximum Gasteiger partial charge on any atom is 0.216 e. The summed E-state index contributed by atoms with van der Waals surface area (Å²) in [4.78, 5) is 2.12. The molecular formula is C13H23N3O2. The van der Waals surface area contributed by atoms with E-state index in [4.69, 9.17) is 9.84 Å². The molecule has 0 fully saturated rings. The fraction of sp³-hybridized carbons (Fsp3) is 0.615. The molecule has 1 aromatic rings. The summed E-state index contributed by atoms with van der Waals surface area (Å²) in [6.45, 7) is 8.03. The molecule has 0 saturated heterocycles. The van der Waals surface area contributed by atoms with Gasteiger partial charge < -0.3 is 9.84 Å². The number of hydrogen-bond acceptors (Lipinski definition) is 4. The van der Waals surface area contributed by atoms with Crippen LogP contribution in [0.1, 0.15) is 18.2 Å². The molecule has 18 heavy (non-hydrogen) atoms. The van der Waals surface area contributed by atoms with Gasteiger partial charge in [0.15, 0.2) is 0 Å². The summed E-state index contributed by atoms with van der Waals surface area (Å²) < 4.78 is 7.16. The summed E-state index contributed by atoms with van der Waals surface area (Å²) in [6.07, 6.45) is 2.71. The lowest BCUT2D eigenvalue weighted by atomic mass is 10.2. The quantitative estimate of drug-likeness (QED) is 0.701. The second-order valence-corrected chi connectivity index (χ2v) is 4.16. The third-order valence-electron chi connectivity index (χ3n) is 2.88. The first-order chi connectivity index (χ1) is 8.67. The van der Waals surface area contributed by atoms with E-state index >= 15 is 0 Å². The van der Waals surface area contributed by atoms with E-state index in [0.717, 1.165) is 30.1 Å². The first-order valence-electron chi connectivity index (χ1n) is 6.20. The van der Waals surface area contributed by atoms with E-state index in [9.17, 15) is 0 Å². The number of aliphatic hydroxyl groups is 1. The molecule has 1 rings (SSSR count). The zero-order valence-electron chi connectivity index (χ0n) is 11.5. The first kappa shape index (κ1) is 14.7. The topological polar surface area (TPSA) is 50.5 Å². The van der Waals surface area contributed by atoms with Gasteiger partial charge in [-0.05, 0) is 6.42 Å². The third-order valence-corrected chi connectivity index (χ3v) is 2.88. The van der Waals surface area contributed by atoms with E-state index in [0.29, 0.717) is 13.1 Å². The van der Waals surface area contributed by atoms with Crippen LogP contribution < -0.4 is 4.74 Å². The van der Waals surface area contributed by atoms with Crippen LogP contribution in [-0.2, 0) is 20.0 Å². The lowest BCUT2D eigenvalue weighted by Gasteiger charge is -2.19. The van der Waals surface area contributed by atoms with E-state index in [-0.39, 0.29) is 6.61 Å². The molecule has 0 aromatic carbocycles. The van der Waals surface area contributed by atoms with Crippen LogP contribution in [0.3, 0.4) is 0 Å². The van der Waals surface area contributed by atoms with Gasteiger partial charge in [-0.3, -0.25) is 4.90 Å². The number of aliphatic hydroxyl groups excluding tert-OH is 1. The summed E-state index contributed by atoms with van der Waals surface area (Å²) >= 11 is 0. The molecule has 0 bridgehead atoms. The number of ether oxygens (including phenoxy) is 1. The molecule has 102 valence electrons. The molecule has 0 aliphatic carbocycles. The molecule has 1 heterocycles. The number of nitrogens with zero attached hydrogens (tertiary/aromatic N) is 3. The molecule has 0 spiro atoms. The van der Waals surface area contributed by atoms with E-state index in [1.54, 1.807) is 11.8 Å². The maximum absolute atomic E-state index is 9.07. The number of aromatic nitrogens is 2. The Bertz CT molecular complexity index is 388. The molecule has 0 aliphatic rings. The smallest absolute Gasteiger partial charge is 0.216 e. The lowest BCUT2D eigenvalue weighted by Crippen LogP contribution is -2.27. The highest BCUT2D eigenvalue weighted by molar-refractivity contribution is 5.31. The van der Waals surface area contributed by atoms with Crippen molar-refractivity contribution in [3.8, 4) is 5.88 Å². The van der Waals surface area contributed by atoms with Crippen LogP contribution >= 0.6 is 0 Å². The monoisotopic (exact) mass is 253 g/mol. The predicted octanol–water partition coefficient (Wildman–Crippen LogP) is 0.971. The molecule has 0 atom stereocenters. The fourth-order valence-electron chi connectivity index (χ4n) is 2.09. The molecule has 0 amide bonds. The van der Waals surface area contributed by atoms with E-state index in [1.165, 1.54) is 0 Å². The SMILES string of the molecule is C=CCN(CCO)Cc1c(CC)nn(C)c1OC. The van der Waals surface area contributed by atoms with Crippen molar-refractivity contribution in [2.24, 2.45) is 7.05 Å². The van der Waals surface area contributed by atoms with Gasteiger partial charge in [-0.2, -0.15) is 5.10 Å². The van der Waals surface area contributed by atoms with Crippen molar-refractivity contribution >= 4 is 0 Å². The van der Waals surface area contributed by atoms with Gasteiger partial charge in [0.05, 0.1) is 25.0 Å². The Balaban J connectivity index is 2.95. The van der Waals surface area contributed by atoms with Crippen LogP contribution in [0.2, 0.25) is 0 Å². The van der Waals surface area contributed by atoms with Crippen molar-refractivity contribution in [2.75, 3.05) is 26.8 Å². The van der Waals surface area contributed by atoms with Gasteiger partial charge in [-0.15, -0.1) is 6.58 Å². The largest absolute Gasteiger partial charge is 0.481 e. The van der Waals surface area contributed by atoms with Crippen LogP contribution in [0, 0.1) is 0 Å². The van der Waals surface area contributed by atoms with Crippen LogP contribution in [0.4, 0.5) is 0 Å². The summed E-state index contributed by atoms with van der Waals surface area (Å²) in [5.41, 5.74) is 2.14. The second-order valence-electron chi connectivity index (χ2n) is 4.16. The minimum atomic E-state index is 0.137. The van der Waals surface area contributed by atoms with Crippen LogP contribution in [0.5, 0.6) is 5.88 Å². The molecule has 0 radical (unpaired) electrons. The average Bonchev–Trinajstić information content (AvgIpc) is 2.65. The first-order valence-corrected chi connectivity index (χ1v) is 6.20. The zero-order chi connectivity index (χ0) is 13.5. The standard InChI is InChI=1S/C13H23N3O2/c1-5-7-16(8-9-17)10-11-12(6-2)14-15(3)13(11)18-4/h5,17H,1,6-10H2,2-4H3. The van der Waals surface area contributed by atoms with Crippen molar-refractivity contribution in [3.63, 3.8) is 0 Å². The number of hydrogen-bond donors (Lipinski definition) is 1. The van der Waals surface area contributed by atoms with E-state index in [1.807, 2.05) is 13.1 Å². The Hall–Kier alpha value is -1.33. The average molecular weight is 253 g/mol. The van der Waals surface area contributed by atoms with Crippen LogP contribution in [0.15, 0.2) is 12.7 Å². The Morgan fingerprint density at radius 3 is 2.78 bits per heavy atom. The minimum Gasteiger partial charge on any atom is -0.481 e. The predicted molar refractivity (Wildman–Crippen MR) is 71.7 cm³/mol. The van der Waals surface area contributed by atoms with Crippen molar-refractivity contribution in [1.82, 2.24) is 14.7 Å². The van der Waals surface area contributed by atoms with Gasteiger partial charge in [0, 0.05) is 26.7 Å². The highest BCUT2D eigenvalue weighted by atomic mass is 16.5. The third kappa shape index (κ3) is 3.34. The van der Waals surface area contributed by atoms with Gasteiger partial charge >= 0.3 is 0 Å². The minimum absolute atomic E-state index is 0.137. The number of methoxy groups -OCH3 is 1. The Morgan fingerprint density at radius 1 is 1.56 bits per heavy atom. The van der Waals surface area contributed by atoms with Gasteiger partial charge in [0.1, 0.15) is 0 Å². The molecular weight excluding hydrogens is 230 g/mol. The molecule has 1 aromatic heterocycles. The maximum atomic E-state index is 9.07. The van der Waals surface area contributed by atoms with Crippen molar-refractivity contribution in [2.45, 2.75) is 19.9 Å². The molecule has 0 unspecified atom stereocenters. The fourth-order valence-corrected chi connectivity index (χ4v) is 2.09. The highest BCUT2D eigenvalue weighted by Gasteiger charge is 2.17. The lowest BCUT2D eigenvalue weighted by molar-refractivity contribution is 0.201. The highest BCUT2D eigenvalue weighted by Crippen LogP contribution is 2.23. The van der Waals surface area contributed by atoms with Gasteiger partial charge in [-0.25, -0.2) is 4.68 Å². The van der Waals surface area contributed by atoms with Gasteiger partial charge in [0.2, 0.25) is 5.88 Å². The molecule has 5 nitrogen and oxygen atoms in total. The number of aryl methyl sites for hydroxylation is 2. The van der Waals surface area contributed by atoms with Crippen LogP contribution in [-0.4, -0.2) is 46.6 Å². The Labute approximate surface area is 109 Å². The normalized spacial score (nSPS) is 10.9. The summed E-state index contributed by atoms with van der Waals surface area (Å²) in [5, 5.41) is 13.5. The molecule has 5 heteroatoms. The number of rotatable bonds is 8. The molecule has 0 aliphatic heterocycles. The second kappa shape index (κ2) is 7.18. The Kier molecular flexibility index (Phi) is 5.88. The molecule has 1 N–H and O–H groups in total. The zero-order valence-corrected chi connectivity index (χ0v) is 11.5. The van der Waals surface area contributed by atoms with E-state index < -0.39 is 0 Å². The van der Waals surface area contributed by atoms with E-state index in [2.05, 4.69) is 23.5 Å².